The molecular formula is C13H25F2N. The van der Waals surface area contributed by atoms with E-state index in [1.165, 1.54) is 24.2 Å². The summed E-state index contributed by atoms with van der Waals surface area (Å²) in [6.45, 7) is 5.24. The Kier molecular flexibility index (Phi) is 5.16. The molecule has 1 aliphatic heterocycles. The van der Waals surface area contributed by atoms with Gasteiger partial charge in [0.1, 0.15) is 0 Å². The Morgan fingerprint density at radius 3 is 2.06 bits per heavy atom. The van der Waals surface area contributed by atoms with Crippen molar-refractivity contribution in [3.63, 3.8) is 0 Å². The summed E-state index contributed by atoms with van der Waals surface area (Å²) in [5.41, 5.74) is 0.435. The first kappa shape index (κ1) is 13.9. The fourth-order valence-electron chi connectivity index (χ4n) is 3.14. The van der Waals surface area contributed by atoms with Crippen molar-refractivity contribution in [2.24, 2.45) is 11.3 Å². The van der Waals surface area contributed by atoms with Gasteiger partial charge in [0.2, 0.25) is 0 Å². The van der Waals surface area contributed by atoms with E-state index in [1.807, 2.05) is 13.8 Å². The molecule has 0 aromatic rings. The second kappa shape index (κ2) is 5.95. The summed E-state index contributed by atoms with van der Waals surface area (Å²) in [7, 11) is 0. The lowest BCUT2D eigenvalue weighted by Crippen LogP contribution is -2.41. The van der Waals surface area contributed by atoms with E-state index in [0.29, 0.717) is 18.5 Å². The van der Waals surface area contributed by atoms with Gasteiger partial charge in [0, 0.05) is 13.1 Å². The van der Waals surface area contributed by atoms with E-state index in [2.05, 4.69) is 6.92 Å². The van der Waals surface area contributed by atoms with Gasteiger partial charge in [0.05, 0.1) is 0 Å². The third-order valence-corrected chi connectivity index (χ3v) is 4.08. The van der Waals surface area contributed by atoms with Crippen LogP contribution in [-0.4, -0.2) is 24.5 Å². The van der Waals surface area contributed by atoms with E-state index in [-0.39, 0.29) is 0 Å². The van der Waals surface area contributed by atoms with Crippen molar-refractivity contribution in [1.29, 1.82) is 0 Å². The number of hydrogen-bond acceptors (Lipinski definition) is 1. The number of rotatable bonds is 1. The molecule has 96 valence electrons. The van der Waals surface area contributed by atoms with Crippen molar-refractivity contribution in [3.05, 3.63) is 0 Å². The molecule has 0 aromatic heterocycles. The van der Waals surface area contributed by atoms with Crippen LogP contribution in [0.2, 0.25) is 0 Å². The van der Waals surface area contributed by atoms with Gasteiger partial charge in [-0.3, -0.25) is 0 Å². The van der Waals surface area contributed by atoms with Crippen LogP contribution in [0.15, 0.2) is 0 Å². The zero-order valence-electron chi connectivity index (χ0n) is 10.8. The van der Waals surface area contributed by atoms with Gasteiger partial charge < -0.3 is 0 Å². The van der Waals surface area contributed by atoms with Crippen LogP contribution >= 0.6 is 0 Å². The molecule has 1 heterocycles. The molecule has 0 radical (unpaired) electrons. The van der Waals surface area contributed by atoms with E-state index in [9.17, 15) is 8.78 Å². The first-order valence-electron chi connectivity index (χ1n) is 6.64. The monoisotopic (exact) mass is 233 g/mol. The lowest BCUT2D eigenvalue weighted by molar-refractivity contribution is -0.0589. The summed E-state index contributed by atoms with van der Waals surface area (Å²) in [6, 6.07) is 0. The third kappa shape index (κ3) is 3.16. The lowest BCUT2D eigenvalue weighted by Gasteiger charge is -2.39. The predicted octanol–water partition coefficient (Wildman–Crippen LogP) is 4.14. The molecule has 1 saturated heterocycles. The molecule has 16 heavy (non-hydrogen) atoms. The minimum Gasteiger partial charge on any atom is -0.247 e. The van der Waals surface area contributed by atoms with Crippen LogP contribution < -0.4 is 0 Å². The van der Waals surface area contributed by atoms with Crippen molar-refractivity contribution in [1.82, 2.24) is 4.90 Å². The molecule has 0 amide bonds. The molecule has 0 bridgehead atoms. The number of likely N-dealkylation sites (tertiary alicyclic amines) is 1. The van der Waals surface area contributed by atoms with Gasteiger partial charge in [-0.15, -0.1) is 0 Å². The maximum atomic E-state index is 12.4. The minimum atomic E-state index is -2.24. The van der Waals surface area contributed by atoms with Crippen LogP contribution in [0, 0.1) is 11.3 Å². The van der Waals surface area contributed by atoms with Gasteiger partial charge in [0.25, 0.3) is 6.55 Å². The van der Waals surface area contributed by atoms with Crippen LogP contribution in [0.3, 0.4) is 0 Å². The van der Waals surface area contributed by atoms with E-state index < -0.39 is 6.55 Å². The Labute approximate surface area is 98.2 Å². The molecule has 0 aromatic carbocycles. The summed E-state index contributed by atoms with van der Waals surface area (Å²) in [4.78, 5) is 1.31. The molecule has 0 N–H and O–H groups in total. The van der Waals surface area contributed by atoms with Crippen LogP contribution in [0.4, 0.5) is 8.78 Å². The van der Waals surface area contributed by atoms with E-state index >= 15 is 0 Å². The highest BCUT2D eigenvalue weighted by atomic mass is 19.3. The zero-order valence-corrected chi connectivity index (χ0v) is 10.8. The molecule has 1 unspecified atom stereocenters. The number of alkyl halides is 2. The largest absolute Gasteiger partial charge is 0.294 e. The first-order valence-corrected chi connectivity index (χ1v) is 6.64. The van der Waals surface area contributed by atoms with Gasteiger partial charge in [0.15, 0.2) is 0 Å². The maximum absolute atomic E-state index is 12.4. The maximum Gasteiger partial charge on any atom is 0.294 e. The highest BCUT2D eigenvalue weighted by Crippen LogP contribution is 2.48. The Morgan fingerprint density at radius 1 is 1.12 bits per heavy atom. The zero-order chi connectivity index (χ0) is 12.2. The van der Waals surface area contributed by atoms with E-state index in [0.717, 1.165) is 18.8 Å². The van der Waals surface area contributed by atoms with E-state index in [1.54, 1.807) is 0 Å². The normalized spacial score (nSPS) is 29.2. The summed E-state index contributed by atoms with van der Waals surface area (Å²) in [6.07, 6.45) is 5.81. The standard InChI is InChI=1S/C11H19F2N.C2H6/c1-9-2-3-11(8-9)4-6-14(7-5-11)10(12)13;1-2/h9-10H,2-8H2,1H3;1-2H3. The van der Waals surface area contributed by atoms with Gasteiger partial charge in [-0.05, 0) is 37.0 Å². The number of hydrogen-bond donors (Lipinski definition) is 0. The van der Waals surface area contributed by atoms with Gasteiger partial charge in [-0.2, -0.15) is 8.78 Å². The van der Waals surface area contributed by atoms with Gasteiger partial charge in [-0.25, -0.2) is 4.90 Å². The molecule has 1 nitrogen and oxygen atoms in total. The quantitative estimate of drug-likeness (QED) is 0.615. The first-order chi connectivity index (χ1) is 7.61. The average Bonchev–Trinajstić information content (AvgIpc) is 2.64. The average molecular weight is 233 g/mol. The smallest absolute Gasteiger partial charge is 0.247 e. The van der Waals surface area contributed by atoms with Crippen LogP contribution in [0.5, 0.6) is 0 Å². The summed E-state index contributed by atoms with van der Waals surface area (Å²) in [5, 5.41) is 0. The number of nitrogens with zero attached hydrogens (tertiary/aromatic N) is 1. The summed E-state index contributed by atoms with van der Waals surface area (Å²) >= 11 is 0. The van der Waals surface area contributed by atoms with Gasteiger partial charge >= 0.3 is 0 Å². The molecular weight excluding hydrogens is 208 g/mol. The topological polar surface area (TPSA) is 3.24 Å². The van der Waals surface area contributed by atoms with Crippen molar-refractivity contribution in [3.8, 4) is 0 Å². The van der Waals surface area contributed by atoms with Crippen molar-refractivity contribution in [2.75, 3.05) is 13.1 Å². The Hall–Kier alpha value is -0.180. The molecule has 1 atom stereocenters. The second-order valence-electron chi connectivity index (χ2n) is 5.16. The minimum absolute atomic E-state index is 0.435. The summed E-state index contributed by atoms with van der Waals surface area (Å²) < 4.78 is 24.8. The molecule has 3 heteroatoms. The van der Waals surface area contributed by atoms with Crippen molar-refractivity contribution < 1.29 is 8.78 Å². The van der Waals surface area contributed by atoms with Crippen molar-refractivity contribution in [2.45, 2.75) is 59.4 Å². The van der Waals surface area contributed by atoms with Crippen LogP contribution in [0.1, 0.15) is 52.9 Å². The molecule has 1 saturated carbocycles. The Balaban J connectivity index is 0.000000606. The van der Waals surface area contributed by atoms with Gasteiger partial charge in [-0.1, -0.05) is 27.2 Å². The molecule has 1 spiro atoms. The molecule has 2 rings (SSSR count). The lowest BCUT2D eigenvalue weighted by atomic mass is 9.76. The molecule has 2 aliphatic rings. The SMILES string of the molecule is CC.CC1CCC2(CCN(C(F)F)CC2)C1. The molecule has 1 aliphatic carbocycles. The van der Waals surface area contributed by atoms with Crippen LogP contribution in [-0.2, 0) is 0 Å². The fraction of sp³-hybridized carbons (Fsp3) is 1.00. The van der Waals surface area contributed by atoms with Crippen molar-refractivity contribution >= 4 is 0 Å². The third-order valence-electron chi connectivity index (χ3n) is 4.08. The number of piperidine rings is 1. The number of halogens is 2. The van der Waals surface area contributed by atoms with Crippen LogP contribution in [0.25, 0.3) is 0 Å². The summed E-state index contributed by atoms with van der Waals surface area (Å²) in [5.74, 6) is 0.813. The van der Waals surface area contributed by atoms with E-state index in [4.69, 9.17) is 0 Å². The highest BCUT2D eigenvalue weighted by molar-refractivity contribution is 4.91. The fourth-order valence-corrected chi connectivity index (χ4v) is 3.14. The Morgan fingerprint density at radius 2 is 1.69 bits per heavy atom. The Bertz CT molecular complexity index is 198. The predicted molar refractivity (Wildman–Crippen MR) is 63.6 cm³/mol. The second-order valence-corrected chi connectivity index (χ2v) is 5.16. The highest BCUT2D eigenvalue weighted by Gasteiger charge is 2.40. The molecule has 2 fully saturated rings.